The van der Waals surface area contributed by atoms with Gasteiger partial charge in [0.25, 0.3) is 20.0 Å². The number of anilines is 2. The van der Waals surface area contributed by atoms with Gasteiger partial charge in [-0.1, -0.05) is 91.9 Å². The second kappa shape index (κ2) is 52.0. The van der Waals surface area contributed by atoms with Crippen LogP contribution in [0.4, 0.5) is 11.4 Å². The fourth-order valence-electron chi connectivity index (χ4n) is 6.53. The number of halogens is 29. The number of oxazole rings is 2. The van der Waals surface area contributed by atoms with Crippen LogP contribution in [0, 0.1) is 0 Å². The van der Waals surface area contributed by atoms with Gasteiger partial charge in [0.1, 0.15) is 22.3 Å². The molecule has 0 bridgehead atoms. The van der Waals surface area contributed by atoms with Crippen molar-refractivity contribution in [2.24, 2.45) is 14.5 Å². The third-order valence-electron chi connectivity index (χ3n) is 10.0. The fourth-order valence-corrected chi connectivity index (χ4v) is 4410. The van der Waals surface area contributed by atoms with Crippen molar-refractivity contribution in [1.82, 2.24) is 9.97 Å². The van der Waals surface area contributed by atoms with Crippen LogP contribution in [-0.4, -0.2) is 56.6 Å². The summed E-state index contributed by atoms with van der Waals surface area (Å²) in [7, 11) is -12.8. The first kappa shape index (κ1) is 95.0. The van der Waals surface area contributed by atoms with Gasteiger partial charge in [0.05, 0.1) is 35.6 Å². The molecule has 0 saturated carbocycles. The molecule has 0 saturated heterocycles. The number of ketones is 2. The zero-order valence-corrected chi connectivity index (χ0v) is 107. The minimum atomic E-state index is -3.90. The number of benzene rings is 4. The summed E-state index contributed by atoms with van der Waals surface area (Å²) in [6, 6.07) is 32.4. The molecule has 508 valence electrons. The largest absolute Gasteiger partial charge is 0.448 e. The summed E-state index contributed by atoms with van der Waals surface area (Å²) >= 11 is 48.6. The Kier molecular flexibility index (Phi) is 56.2. The van der Waals surface area contributed by atoms with Crippen LogP contribution in [0.3, 0.4) is 0 Å². The summed E-state index contributed by atoms with van der Waals surface area (Å²) in [5, 5.41) is 5.59. The molecule has 4 aromatic carbocycles. The molecule has 2 atom stereocenters. The average Bonchev–Trinajstić information content (AvgIpc) is 4.28. The van der Waals surface area contributed by atoms with Gasteiger partial charge >= 0.3 is 369 Å². The number of rotatable bonds is 24. The van der Waals surface area contributed by atoms with E-state index in [0.717, 1.165) is 11.1 Å². The third kappa shape index (κ3) is 32.0. The SMILES string of the molecule is CCCC(=O)C1=NS(=O)(=O)c2ccccc2N1.II.I[I-]I(I)I(I)I(I)I(I)I(I)I(I)I(I)I(I)I(I)I(I)I(I)I(I)I.NCC(c1ccccc1)c1ncco1.O=C(CCC(c1ccccc1)c1ncco1)C1=NS(=O)(=O)c2ccccc2N1. The van der Waals surface area contributed by atoms with E-state index in [0.29, 0.717) is 55.8 Å². The van der Waals surface area contributed by atoms with E-state index in [2.05, 4.69) is 327 Å². The maximum atomic E-state index is 12.7. The molecule has 4 N–H and O–H groups in total. The van der Waals surface area contributed by atoms with E-state index >= 15 is 0 Å². The van der Waals surface area contributed by atoms with Crippen LogP contribution in [-0.2, 0) is 29.6 Å². The molecule has 88 heavy (non-hydrogen) atoms. The Morgan fingerprint density at radius 2 is 0.875 bits per heavy atom. The standard InChI is InChI=1S/C20H17N3O4S.C11H12N2O3S.C11H12N2O.I27.I2/c24-17(19-22-16-8-4-5-9-18(16)28(25,26)23-19)11-10-15(20-21-12-13-27-20)14-6-2-1-3-7-14;1-2-5-9(14)11-12-8-6-3-4-7-10(8)17(15,16)13-11;12-8-10(11-13-6-7-14-11)9-4-2-1-3-5-9;1-15-17(4)19(6)21(8)23(10)25(12)27(14)26(13)24(11)22(9)20(7)18(5)16(2)3;1-2/h1-9,12-13,15H,10-11H2,(H,22,23);3-4,6-7H,2,5H2,1H3,(H,12,13);1-7,10H,8,12H2;;/q;;;-1;. The number of nitrogens with one attached hydrogen (secondary N) is 2. The van der Waals surface area contributed by atoms with E-state index in [-0.39, 0.29) is 73.5 Å². The molecular formula is C42H41I29N7O8S2-. The van der Waals surface area contributed by atoms with Crippen molar-refractivity contribution in [3.8, 4) is 0 Å². The smallest absolute Gasteiger partial charge is 0.286 e. The van der Waals surface area contributed by atoms with Gasteiger partial charge in [0.2, 0.25) is 11.8 Å². The van der Waals surface area contributed by atoms with E-state index in [1.54, 1.807) is 55.1 Å². The van der Waals surface area contributed by atoms with Gasteiger partial charge < -0.3 is 25.2 Å². The van der Waals surface area contributed by atoms with Gasteiger partial charge in [-0.05, 0) is 48.2 Å². The second-order valence-corrected chi connectivity index (χ2v) is 619. The Hall–Kier alpha value is 14.6. The van der Waals surface area contributed by atoms with E-state index in [1.165, 1.54) is 18.4 Å². The van der Waals surface area contributed by atoms with Crippen LogP contribution in [0.15, 0.2) is 162 Å². The minimum absolute atomic E-state index is 0.0613. The van der Waals surface area contributed by atoms with Crippen molar-refractivity contribution in [3.05, 3.63) is 157 Å². The van der Waals surface area contributed by atoms with E-state index < -0.39 is 99.0 Å². The number of nitrogens with two attached hydrogens (primary N) is 1. The molecule has 0 spiro atoms. The monoisotopic (exact) mass is 4520 g/mol. The first-order valence-electron chi connectivity index (χ1n) is 22.4. The number of Topliss-reactive ketones (excluding diaryl/α,β-unsaturated/α-hetero) is 2. The van der Waals surface area contributed by atoms with Crippen molar-refractivity contribution in [1.29, 1.82) is 0 Å². The number of hydrogen-bond acceptors (Lipinski definition) is 13. The Balaban J connectivity index is 0.000000257. The summed E-state index contributed by atoms with van der Waals surface area (Å²) in [6.07, 6.45) is 7.69. The first-order chi connectivity index (χ1) is 41.8. The molecule has 4 heterocycles. The molecule has 6 aromatic rings. The number of fused-ring (bicyclic) bond motifs is 2. The molecule has 46 heteroatoms. The number of nitrogens with zero attached hydrogens (tertiary/aromatic N) is 4. The van der Waals surface area contributed by atoms with Crippen molar-refractivity contribution >= 4 is 447 Å². The molecule has 0 fully saturated rings. The Morgan fingerprint density at radius 3 is 1.24 bits per heavy atom. The summed E-state index contributed by atoms with van der Waals surface area (Å²) in [5.41, 5.74) is 8.56. The zero-order chi connectivity index (χ0) is 65.5. The van der Waals surface area contributed by atoms with Gasteiger partial charge in [0, 0.05) is 56.6 Å². The molecule has 2 aliphatic heterocycles. The maximum absolute atomic E-state index is 12.7. The summed E-state index contributed by atoms with van der Waals surface area (Å²) in [5.74, 6) is 0.105. The van der Waals surface area contributed by atoms with Gasteiger partial charge in [0.15, 0.2) is 23.2 Å². The number of hydrogen-bond donors (Lipinski definition) is 3. The number of sulfonamides is 2. The predicted octanol–water partition coefficient (Wildman–Crippen LogP) is 28.5. The van der Waals surface area contributed by atoms with Gasteiger partial charge in [-0.15, -0.1) is 8.80 Å². The molecule has 2 unspecified atom stereocenters. The first-order valence-corrected chi connectivity index (χ1v) is 195. The molecule has 2 aromatic heterocycles. The Labute approximate surface area is 723 Å². The average molecular weight is 4520 g/mol. The van der Waals surface area contributed by atoms with Gasteiger partial charge in [-0.2, -0.15) is 16.8 Å². The Bertz CT molecular complexity index is 3390. The van der Waals surface area contributed by atoms with E-state index in [4.69, 9.17) is 14.6 Å². The van der Waals surface area contributed by atoms with Crippen LogP contribution in [0.2, 0.25) is 0 Å². The van der Waals surface area contributed by atoms with Crippen molar-refractivity contribution in [2.45, 2.75) is 54.2 Å². The quantitative estimate of drug-likeness (QED) is 0.0480. The third-order valence-corrected chi connectivity index (χ3v) is 1910. The topological polar surface area (TPSA) is 229 Å². The summed E-state index contributed by atoms with van der Waals surface area (Å²) in [6.45, 7) is 2.36. The van der Waals surface area contributed by atoms with Crippen LogP contribution < -0.4 is 29.6 Å². The summed E-state index contributed by atoms with van der Waals surface area (Å²) in [4.78, 5) is 32.8. The Morgan fingerprint density at radius 1 is 0.523 bits per heavy atom. The van der Waals surface area contributed by atoms with Crippen LogP contribution in [0.25, 0.3) is 0 Å². The predicted molar refractivity (Wildman–Crippen MR) is 615 cm³/mol. The van der Waals surface area contributed by atoms with Gasteiger partial charge in [-0.3, -0.25) is 9.59 Å². The normalized spacial score (nSPS) is 15.9. The number of carbonyl (C=O) groups excluding carboxylic acids is 2. The molecule has 8 rings (SSSR count). The number of carbonyl (C=O) groups is 2. The van der Waals surface area contributed by atoms with Gasteiger partial charge in [-0.25, -0.2) is 9.97 Å². The summed E-state index contributed by atoms with van der Waals surface area (Å²) < 4.78 is 66.1. The van der Waals surface area contributed by atoms with Crippen LogP contribution >= 0.6 is 393 Å². The van der Waals surface area contributed by atoms with E-state index in [9.17, 15) is 26.4 Å². The number of amidine groups is 2. The molecule has 2 aliphatic rings. The maximum Gasteiger partial charge on any atom is 0.286 e. The molecular weight excluding hydrogens is 4470 g/mol. The van der Waals surface area contributed by atoms with Crippen molar-refractivity contribution < 1.29 is 48.5 Å². The molecule has 0 radical (unpaired) electrons. The molecule has 0 aliphatic carbocycles. The number of aromatic nitrogens is 2. The fraction of sp³-hybridized carbons (Fsp3) is 0.190. The number of para-hydroxylation sites is 2. The zero-order valence-electron chi connectivity index (χ0n) is 42.8. The van der Waals surface area contributed by atoms with Crippen LogP contribution in [0.1, 0.15) is 67.4 Å². The van der Waals surface area contributed by atoms with E-state index in [1.807, 2.05) is 67.6 Å². The molecule has 0 amide bonds. The van der Waals surface area contributed by atoms with Crippen LogP contribution in [0.5, 0.6) is 0 Å². The molecule has 15 nitrogen and oxygen atoms in total. The van der Waals surface area contributed by atoms with Crippen molar-refractivity contribution in [3.63, 3.8) is 0 Å². The minimum Gasteiger partial charge on any atom is -0.448 e. The van der Waals surface area contributed by atoms with Crippen molar-refractivity contribution in [2.75, 3.05) is 17.2 Å². The second-order valence-electron chi connectivity index (χ2n) is 15.1.